The topological polar surface area (TPSA) is 32.3 Å². The van der Waals surface area contributed by atoms with Crippen molar-refractivity contribution >= 4 is 21.4 Å². The summed E-state index contributed by atoms with van der Waals surface area (Å²) in [5.74, 6) is 0.402. The van der Waals surface area contributed by atoms with Gasteiger partial charge in [-0.3, -0.25) is 0 Å². The summed E-state index contributed by atoms with van der Waals surface area (Å²) in [7, 11) is 0. The second-order valence-corrected chi connectivity index (χ2v) is 6.51. The number of rotatable bonds is 6. The average Bonchev–Trinajstić information content (AvgIpc) is 2.97. The number of phenols is 1. The first-order valence-electron chi connectivity index (χ1n) is 7.72. The lowest BCUT2D eigenvalue weighted by atomic mass is 10.1. The third-order valence-electron chi connectivity index (χ3n) is 4.04. The van der Waals surface area contributed by atoms with Crippen molar-refractivity contribution in [3.05, 3.63) is 65.0 Å². The standard InChI is InChI=1S/C19H21NOS/c1-14(17-13-22-19-11-5-3-9-16(17)19)20-12-6-8-15-7-2-4-10-18(15)21/h2-5,7,9-11,13-14,20-21H,6,8,12H2,1H3. The van der Waals surface area contributed by atoms with Gasteiger partial charge in [0.15, 0.2) is 0 Å². The molecule has 1 atom stereocenters. The molecule has 1 aromatic heterocycles. The van der Waals surface area contributed by atoms with Crippen LogP contribution in [0.3, 0.4) is 0 Å². The van der Waals surface area contributed by atoms with Gasteiger partial charge in [0.1, 0.15) is 5.75 Å². The minimum Gasteiger partial charge on any atom is -0.508 e. The van der Waals surface area contributed by atoms with Gasteiger partial charge in [-0.1, -0.05) is 36.4 Å². The molecule has 0 amide bonds. The summed E-state index contributed by atoms with van der Waals surface area (Å²) >= 11 is 1.81. The van der Waals surface area contributed by atoms with Crippen molar-refractivity contribution in [1.29, 1.82) is 0 Å². The summed E-state index contributed by atoms with van der Waals surface area (Å²) in [5, 5.41) is 17.0. The van der Waals surface area contributed by atoms with Crippen molar-refractivity contribution in [1.82, 2.24) is 5.32 Å². The van der Waals surface area contributed by atoms with E-state index in [4.69, 9.17) is 0 Å². The Hall–Kier alpha value is -1.84. The molecule has 0 aliphatic rings. The van der Waals surface area contributed by atoms with Crippen LogP contribution in [0, 0.1) is 0 Å². The molecule has 0 saturated carbocycles. The van der Waals surface area contributed by atoms with E-state index in [2.05, 4.69) is 41.9 Å². The first-order valence-corrected chi connectivity index (χ1v) is 8.60. The van der Waals surface area contributed by atoms with Crippen LogP contribution in [-0.2, 0) is 6.42 Å². The smallest absolute Gasteiger partial charge is 0.118 e. The lowest BCUT2D eigenvalue weighted by Gasteiger charge is -2.13. The predicted molar refractivity (Wildman–Crippen MR) is 94.7 cm³/mol. The lowest BCUT2D eigenvalue weighted by molar-refractivity contribution is 0.465. The molecule has 2 nitrogen and oxygen atoms in total. The molecule has 1 heterocycles. The van der Waals surface area contributed by atoms with E-state index in [1.807, 2.05) is 29.5 Å². The molecule has 0 saturated heterocycles. The number of thiophene rings is 1. The summed E-state index contributed by atoms with van der Waals surface area (Å²) in [5.41, 5.74) is 2.40. The lowest BCUT2D eigenvalue weighted by Crippen LogP contribution is -2.20. The van der Waals surface area contributed by atoms with Crippen LogP contribution in [0.1, 0.15) is 30.5 Å². The molecular weight excluding hydrogens is 290 g/mol. The molecule has 0 aliphatic carbocycles. The summed E-state index contributed by atoms with van der Waals surface area (Å²) in [6, 6.07) is 16.5. The predicted octanol–water partition coefficient (Wildman–Crippen LogP) is 4.89. The Morgan fingerprint density at radius 3 is 2.73 bits per heavy atom. The Balaban J connectivity index is 1.54. The van der Waals surface area contributed by atoms with Gasteiger partial charge in [0.25, 0.3) is 0 Å². The molecule has 3 rings (SSSR count). The molecule has 2 aromatic carbocycles. The highest BCUT2D eigenvalue weighted by molar-refractivity contribution is 7.17. The number of benzene rings is 2. The molecule has 0 spiro atoms. The van der Waals surface area contributed by atoms with Crippen LogP contribution >= 0.6 is 11.3 Å². The zero-order valence-corrected chi connectivity index (χ0v) is 13.6. The van der Waals surface area contributed by atoms with Crippen molar-refractivity contribution in [3.8, 4) is 5.75 Å². The van der Waals surface area contributed by atoms with Gasteiger partial charge in [-0.25, -0.2) is 0 Å². The normalized spacial score (nSPS) is 12.6. The Kier molecular flexibility index (Phi) is 4.76. The van der Waals surface area contributed by atoms with E-state index in [1.165, 1.54) is 15.6 Å². The van der Waals surface area contributed by atoms with E-state index in [0.717, 1.165) is 24.9 Å². The number of hydrogen-bond acceptors (Lipinski definition) is 3. The zero-order valence-electron chi connectivity index (χ0n) is 12.8. The van der Waals surface area contributed by atoms with Gasteiger partial charge < -0.3 is 10.4 Å². The molecule has 0 radical (unpaired) electrons. The minimum atomic E-state index is 0.348. The van der Waals surface area contributed by atoms with Crippen LogP contribution in [0.5, 0.6) is 5.75 Å². The Morgan fingerprint density at radius 2 is 1.86 bits per heavy atom. The SMILES string of the molecule is CC(NCCCc1ccccc1O)c1csc2ccccc12. The summed E-state index contributed by atoms with van der Waals surface area (Å²) in [4.78, 5) is 0. The van der Waals surface area contributed by atoms with Crippen LogP contribution in [0.25, 0.3) is 10.1 Å². The fraction of sp³-hybridized carbons (Fsp3) is 0.263. The second kappa shape index (κ2) is 6.95. The number of nitrogens with one attached hydrogen (secondary N) is 1. The summed E-state index contributed by atoms with van der Waals surface area (Å²) < 4.78 is 1.35. The van der Waals surface area contributed by atoms with Crippen molar-refractivity contribution in [3.63, 3.8) is 0 Å². The van der Waals surface area contributed by atoms with Crippen molar-refractivity contribution in [2.75, 3.05) is 6.54 Å². The monoisotopic (exact) mass is 311 g/mol. The summed E-state index contributed by atoms with van der Waals surface area (Å²) in [6.07, 6.45) is 1.92. The quantitative estimate of drug-likeness (QED) is 0.635. The highest BCUT2D eigenvalue weighted by Crippen LogP contribution is 2.30. The van der Waals surface area contributed by atoms with Gasteiger partial charge in [0.05, 0.1) is 0 Å². The van der Waals surface area contributed by atoms with Crippen LogP contribution in [0.15, 0.2) is 53.9 Å². The van der Waals surface area contributed by atoms with Crippen LogP contribution in [0.4, 0.5) is 0 Å². The molecule has 0 aliphatic heterocycles. The molecule has 22 heavy (non-hydrogen) atoms. The van der Waals surface area contributed by atoms with E-state index in [0.29, 0.717) is 11.8 Å². The van der Waals surface area contributed by atoms with Gasteiger partial charge in [0, 0.05) is 10.7 Å². The van der Waals surface area contributed by atoms with Crippen LogP contribution in [-0.4, -0.2) is 11.7 Å². The number of phenolic OH excluding ortho intramolecular Hbond substituents is 1. The molecule has 3 aromatic rings. The Labute approximate surface area is 135 Å². The van der Waals surface area contributed by atoms with Crippen LogP contribution < -0.4 is 5.32 Å². The fourth-order valence-corrected chi connectivity index (χ4v) is 3.82. The maximum absolute atomic E-state index is 9.77. The largest absolute Gasteiger partial charge is 0.508 e. The van der Waals surface area contributed by atoms with E-state index < -0.39 is 0 Å². The molecule has 114 valence electrons. The van der Waals surface area contributed by atoms with Crippen molar-refractivity contribution in [2.45, 2.75) is 25.8 Å². The van der Waals surface area contributed by atoms with E-state index in [-0.39, 0.29) is 0 Å². The number of para-hydroxylation sites is 1. The van der Waals surface area contributed by atoms with Gasteiger partial charge >= 0.3 is 0 Å². The minimum absolute atomic E-state index is 0.348. The zero-order chi connectivity index (χ0) is 15.4. The number of aromatic hydroxyl groups is 1. The summed E-state index contributed by atoms with van der Waals surface area (Å²) in [6.45, 7) is 3.16. The maximum Gasteiger partial charge on any atom is 0.118 e. The van der Waals surface area contributed by atoms with E-state index in [1.54, 1.807) is 6.07 Å². The third kappa shape index (κ3) is 3.32. The van der Waals surface area contributed by atoms with E-state index in [9.17, 15) is 5.11 Å². The van der Waals surface area contributed by atoms with Gasteiger partial charge in [0.2, 0.25) is 0 Å². The van der Waals surface area contributed by atoms with Gasteiger partial charge in [-0.15, -0.1) is 11.3 Å². The highest BCUT2D eigenvalue weighted by Gasteiger charge is 2.10. The molecular formula is C19H21NOS. The number of hydrogen-bond donors (Lipinski definition) is 2. The van der Waals surface area contributed by atoms with Crippen LogP contribution in [0.2, 0.25) is 0 Å². The maximum atomic E-state index is 9.77. The van der Waals surface area contributed by atoms with Gasteiger partial charge in [-0.05, 0) is 60.3 Å². The average molecular weight is 311 g/mol. The van der Waals surface area contributed by atoms with Gasteiger partial charge in [-0.2, -0.15) is 0 Å². The Morgan fingerprint density at radius 1 is 1.09 bits per heavy atom. The molecule has 3 heteroatoms. The fourth-order valence-electron chi connectivity index (χ4n) is 2.76. The third-order valence-corrected chi connectivity index (χ3v) is 5.02. The van der Waals surface area contributed by atoms with Crippen molar-refractivity contribution in [2.24, 2.45) is 0 Å². The van der Waals surface area contributed by atoms with E-state index >= 15 is 0 Å². The van der Waals surface area contributed by atoms with Crippen molar-refractivity contribution < 1.29 is 5.11 Å². The Bertz CT molecular complexity index is 750. The molecule has 0 fully saturated rings. The first kappa shape index (κ1) is 15.1. The molecule has 1 unspecified atom stereocenters. The highest BCUT2D eigenvalue weighted by atomic mass is 32.1. The number of fused-ring (bicyclic) bond motifs is 1. The molecule has 0 bridgehead atoms. The first-order chi connectivity index (χ1) is 10.8. The molecule has 2 N–H and O–H groups in total. The second-order valence-electron chi connectivity index (χ2n) is 5.60. The number of aryl methyl sites for hydroxylation is 1.